The summed E-state index contributed by atoms with van der Waals surface area (Å²) in [5.41, 5.74) is -1.56. The van der Waals surface area contributed by atoms with E-state index in [0.717, 1.165) is 31.4 Å². The van der Waals surface area contributed by atoms with Crippen LogP contribution in [0.1, 0.15) is 54.9 Å². The van der Waals surface area contributed by atoms with Gasteiger partial charge in [0.25, 0.3) is 0 Å². The van der Waals surface area contributed by atoms with Gasteiger partial charge in [0.15, 0.2) is 5.78 Å². The van der Waals surface area contributed by atoms with E-state index in [-0.39, 0.29) is 0 Å². The lowest BCUT2D eigenvalue weighted by molar-refractivity contribution is -0.138. The molecule has 0 N–H and O–H groups in total. The third-order valence-electron chi connectivity index (χ3n) is 4.28. The van der Waals surface area contributed by atoms with Gasteiger partial charge in [-0.3, -0.25) is 4.79 Å². The lowest BCUT2D eigenvalue weighted by Crippen LogP contribution is -2.25. The third-order valence-corrected chi connectivity index (χ3v) is 4.28. The van der Waals surface area contributed by atoms with Gasteiger partial charge in [0, 0.05) is 11.5 Å². The molecular formula is C16H18F4O. The molecule has 116 valence electrons. The van der Waals surface area contributed by atoms with Gasteiger partial charge in [0.2, 0.25) is 0 Å². The molecule has 0 aromatic heterocycles. The van der Waals surface area contributed by atoms with E-state index in [2.05, 4.69) is 0 Å². The minimum Gasteiger partial charge on any atom is -0.294 e. The molecule has 2 atom stereocenters. The Kier molecular flexibility index (Phi) is 4.69. The highest BCUT2D eigenvalue weighted by molar-refractivity contribution is 5.99. The van der Waals surface area contributed by atoms with Gasteiger partial charge < -0.3 is 0 Å². The molecule has 1 aromatic rings. The number of halogens is 4. The van der Waals surface area contributed by atoms with Gasteiger partial charge in [-0.1, -0.05) is 26.2 Å². The molecular weight excluding hydrogens is 284 g/mol. The first kappa shape index (κ1) is 16.0. The Morgan fingerprint density at radius 1 is 1.29 bits per heavy atom. The number of carbonyl (C=O) groups is 1. The van der Waals surface area contributed by atoms with Gasteiger partial charge in [-0.05, 0) is 37.0 Å². The molecule has 0 spiro atoms. The molecule has 0 saturated heterocycles. The zero-order valence-electron chi connectivity index (χ0n) is 11.8. The van der Waals surface area contributed by atoms with Gasteiger partial charge in [0.05, 0.1) is 5.56 Å². The molecule has 0 amide bonds. The number of hydrogen-bond donors (Lipinski definition) is 0. The topological polar surface area (TPSA) is 17.1 Å². The van der Waals surface area contributed by atoms with Crippen molar-refractivity contribution < 1.29 is 22.4 Å². The molecule has 1 aliphatic carbocycles. The van der Waals surface area contributed by atoms with Crippen molar-refractivity contribution in [1.29, 1.82) is 0 Å². The summed E-state index contributed by atoms with van der Waals surface area (Å²) in [6.07, 6.45) is -0.690. The molecule has 0 radical (unpaired) electrons. The van der Waals surface area contributed by atoms with Gasteiger partial charge in [-0.25, -0.2) is 4.39 Å². The molecule has 0 bridgehead atoms. The summed E-state index contributed by atoms with van der Waals surface area (Å²) < 4.78 is 52.2. The van der Waals surface area contributed by atoms with Gasteiger partial charge in [-0.2, -0.15) is 13.2 Å². The zero-order chi connectivity index (χ0) is 15.6. The Morgan fingerprint density at radius 2 is 2.00 bits per heavy atom. The van der Waals surface area contributed by atoms with E-state index in [9.17, 15) is 22.4 Å². The van der Waals surface area contributed by atoms with E-state index >= 15 is 0 Å². The fraction of sp³-hybridized carbons (Fsp3) is 0.562. The Hall–Kier alpha value is -1.39. The molecule has 5 heteroatoms. The second kappa shape index (κ2) is 6.16. The van der Waals surface area contributed by atoms with Crippen LogP contribution in [0.2, 0.25) is 0 Å². The summed E-state index contributed by atoms with van der Waals surface area (Å²) in [4.78, 5) is 12.4. The summed E-state index contributed by atoms with van der Waals surface area (Å²) >= 11 is 0. The molecule has 0 heterocycles. The molecule has 21 heavy (non-hydrogen) atoms. The van der Waals surface area contributed by atoms with Crippen LogP contribution in [0.4, 0.5) is 17.6 Å². The standard InChI is InChI=1S/C16H18F4O/c1-2-10-4-3-5-11(8-10)15(21)13-9-12(17)6-7-14(13)16(18,19)20/h6-7,9-11H,2-5,8H2,1H3. The molecule has 1 aromatic carbocycles. The molecule has 1 aliphatic rings. The van der Waals surface area contributed by atoms with Crippen LogP contribution >= 0.6 is 0 Å². The lowest BCUT2D eigenvalue weighted by atomic mass is 9.76. The fourth-order valence-corrected chi connectivity index (χ4v) is 3.09. The SMILES string of the molecule is CCC1CCCC(C(=O)c2cc(F)ccc2C(F)(F)F)C1. The Labute approximate surface area is 121 Å². The van der Waals surface area contributed by atoms with E-state index in [4.69, 9.17) is 0 Å². The van der Waals surface area contributed by atoms with E-state index in [0.29, 0.717) is 24.8 Å². The summed E-state index contributed by atoms with van der Waals surface area (Å²) in [6.45, 7) is 2.01. The molecule has 1 fully saturated rings. The first-order valence-corrected chi connectivity index (χ1v) is 7.24. The van der Waals surface area contributed by atoms with Crippen molar-refractivity contribution in [3.05, 3.63) is 35.1 Å². The molecule has 2 rings (SSSR count). The maximum Gasteiger partial charge on any atom is 0.417 e. The average molecular weight is 302 g/mol. The summed E-state index contributed by atoms with van der Waals surface area (Å²) in [7, 11) is 0. The number of hydrogen-bond acceptors (Lipinski definition) is 1. The smallest absolute Gasteiger partial charge is 0.294 e. The van der Waals surface area contributed by atoms with Crippen molar-refractivity contribution in [2.45, 2.75) is 45.2 Å². The predicted molar refractivity (Wildman–Crippen MR) is 71.5 cm³/mol. The van der Waals surface area contributed by atoms with Crippen LogP contribution < -0.4 is 0 Å². The van der Waals surface area contributed by atoms with Gasteiger partial charge >= 0.3 is 6.18 Å². The van der Waals surface area contributed by atoms with Gasteiger partial charge in [-0.15, -0.1) is 0 Å². The number of rotatable bonds is 3. The quantitative estimate of drug-likeness (QED) is 0.551. The van der Waals surface area contributed by atoms with E-state index in [1.54, 1.807) is 0 Å². The van der Waals surface area contributed by atoms with Crippen LogP contribution in [0.25, 0.3) is 0 Å². The highest BCUT2D eigenvalue weighted by Crippen LogP contribution is 2.37. The van der Waals surface area contributed by atoms with Crippen molar-refractivity contribution in [3.63, 3.8) is 0 Å². The highest BCUT2D eigenvalue weighted by atomic mass is 19.4. The first-order valence-electron chi connectivity index (χ1n) is 7.24. The fourth-order valence-electron chi connectivity index (χ4n) is 3.09. The van der Waals surface area contributed by atoms with Crippen LogP contribution in [-0.2, 0) is 6.18 Å². The van der Waals surface area contributed by atoms with Crippen molar-refractivity contribution >= 4 is 5.78 Å². The van der Waals surface area contributed by atoms with Crippen LogP contribution in [0, 0.1) is 17.7 Å². The maximum atomic E-state index is 13.3. The normalized spacial score (nSPS) is 23.1. The molecule has 2 unspecified atom stereocenters. The molecule has 1 saturated carbocycles. The minimum absolute atomic E-state index is 0.371. The summed E-state index contributed by atoms with van der Waals surface area (Å²) in [5.74, 6) is -1.43. The van der Waals surface area contributed by atoms with E-state index in [1.165, 1.54) is 0 Å². The number of ketones is 1. The lowest BCUT2D eigenvalue weighted by Gasteiger charge is -2.28. The van der Waals surface area contributed by atoms with Crippen molar-refractivity contribution in [2.75, 3.05) is 0 Å². The summed E-state index contributed by atoms with van der Waals surface area (Å²) in [5, 5.41) is 0. The van der Waals surface area contributed by atoms with Crippen LogP contribution in [-0.4, -0.2) is 5.78 Å². The molecule has 1 nitrogen and oxygen atoms in total. The Morgan fingerprint density at radius 3 is 2.62 bits per heavy atom. The molecule has 0 aliphatic heterocycles. The number of carbonyl (C=O) groups excluding carboxylic acids is 1. The van der Waals surface area contributed by atoms with E-state index in [1.807, 2.05) is 6.92 Å². The van der Waals surface area contributed by atoms with Crippen LogP contribution in [0.3, 0.4) is 0 Å². The number of benzene rings is 1. The number of alkyl halides is 3. The van der Waals surface area contributed by atoms with Crippen molar-refractivity contribution in [1.82, 2.24) is 0 Å². The second-order valence-electron chi connectivity index (χ2n) is 5.69. The first-order chi connectivity index (χ1) is 9.82. The Bertz CT molecular complexity index is 521. The summed E-state index contributed by atoms with van der Waals surface area (Å²) in [6, 6.07) is 2.12. The van der Waals surface area contributed by atoms with Gasteiger partial charge in [0.1, 0.15) is 5.82 Å². The minimum atomic E-state index is -4.64. The van der Waals surface area contributed by atoms with Crippen LogP contribution in [0.5, 0.6) is 0 Å². The monoisotopic (exact) mass is 302 g/mol. The van der Waals surface area contributed by atoms with E-state index < -0.39 is 34.8 Å². The average Bonchev–Trinajstić information content (AvgIpc) is 2.45. The van der Waals surface area contributed by atoms with Crippen molar-refractivity contribution in [2.24, 2.45) is 11.8 Å². The Balaban J connectivity index is 2.32. The predicted octanol–water partition coefficient (Wildman–Crippen LogP) is 5.24. The van der Waals surface area contributed by atoms with Crippen molar-refractivity contribution in [3.8, 4) is 0 Å². The largest absolute Gasteiger partial charge is 0.417 e. The zero-order valence-corrected chi connectivity index (χ0v) is 11.8. The number of Topliss-reactive ketones (excluding diaryl/α,β-unsaturated/α-hetero) is 1. The third kappa shape index (κ3) is 3.63. The highest BCUT2D eigenvalue weighted by Gasteiger charge is 2.37. The van der Waals surface area contributed by atoms with Crippen LogP contribution in [0.15, 0.2) is 18.2 Å². The second-order valence-corrected chi connectivity index (χ2v) is 5.69. The maximum absolute atomic E-state index is 13.3.